The number of allylic oxidation sites excluding steroid dienone is 4. The van der Waals surface area contributed by atoms with Gasteiger partial charge in [0.15, 0.2) is 0 Å². The Morgan fingerprint density at radius 1 is 1.36 bits per heavy atom. The van der Waals surface area contributed by atoms with Gasteiger partial charge in [0.1, 0.15) is 0 Å². The van der Waals surface area contributed by atoms with Gasteiger partial charge in [0.25, 0.3) is 0 Å². The minimum absolute atomic E-state index is 0.127. The zero-order valence-electron chi connectivity index (χ0n) is 5.70. The van der Waals surface area contributed by atoms with Gasteiger partial charge in [0, 0.05) is 0 Å². The van der Waals surface area contributed by atoms with Crippen LogP contribution in [0.3, 0.4) is 0 Å². The molecule has 3 aliphatic rings. The Morgan fingerprint density at radius 2 is 2.36 bits per heavy atom. The van der Waals surface area contributed by atoms with Gasteiger partial charge in [-0.1, -0.05) is 0 Å². The van der Waals surface area contributed by atoms with Gasteiger partial charge in [-0.15, -0.1) is 0 Å². The van der Waals surface area contributed by atoms with Crippen molar-refractivity contribution in [3.63, 3.8) is 0 Å². The van der Waals surface area contributed by atoms with Crippen molar-refractivity contribution in [2.24, 2.45) is 9.98 Å². The molecule has 2 nitrogen and oxygen atoms in total. The van der Waals surface area contributed by atoms with E-state index in [0.717, 1.165) is 0 Å². The molecule has 0 aromatic heterocycles. The van der Waals surface area contributed by atoms with Crippen LogP contribution in [0.4, 0.5) is 0 Å². The van der Waals surface area contributed by atoms with Crippen LogP contribution in [0.25, 0.3) is 0 Å². The minimum atomic E-state index is -0.127. The van der Waals surface area contributed by atoms with Crippen molar-refractivity contribution in [3.05, 3.63) is 34.0 Å². The fraction of sp³-hybridized carbons (Fsp3) is 0. The number of aliphatic imine (C=N–C) groups is 2. The van der Waals surface area contributed by atoms with E-state index in [2.05, 4.69) is 22.1 Å². The fourth-order valence-electron chi connectivity index (χ4n) is 1.40. The van der Waals surface area contributed by atoms with Crippen molar-refractivity contribution in [2.75, 3.05) is 0 Å². The zero-order valence-corrected chi connectivity index (χ0v) is 7.80. The summed E-state index contributed by atoms with van der Waals surface area (Å²) in [5, 5.41) is 0. The molecule has 0 bridgehead atoms. The first-order valence-electron chi connectivity index (χ1n) is 3.46. The first kappa shape index (κ1) is 5.73. The third kappa shape index (κ3) is 0.628. The van der Waals surface area contributed by atoms with Crippen LogP contribution in [-0.2, 0) is 0 Å². The number of hydrogen-bond acceptors (Lipinski definition) is 2. The van der Waals surface area contributed by atoms with Crippen LogP contribution < -0.4 is 0 Å². The van der Waals surface area contributed by atoms with Crippen LogP contribution in [0, 0.1) is 0 Å². The molecule has 0 N–H and O–H groups in total. The van der Waals surface area contributed by atoms with E-state index < -0.39 is 0 Å². The normalized spacial score (nSPS) is 26.2. The van der Waals surface area contributed by atoms with Gasteiger partial charge in [-0.2, -0.15) is 0 Å². The topological polar surface area (TPSA) is 24.7 Å². The van der Waals surface area contributed by atoms with Crippen molar-refractivity contribution in [2.45, 2.75) is 0 Å². The molecule has 1 atom stereocenters. The summed E-state index contributed by atoms with van der Waals surface area (Å²) in [6.45, 7) is 0. The molecular weight excluding hydrogens is 199 g/mol. The predicted molar refractivity (Wildman–Crippen MR) is 47.3 cm³/mol. The van der Waals surface area contributed by atoms with Gasteiger partial charge in [-0.05, 0) is 0 Å². The molecule has 0 radical (unpaired) electrons. The fourth-order valence-corrected chi connectivity index (χ4v) is 3.93. The van der Waals surface area contributed by atoms with Gasteiger partial charge in [0.2, 0.25) is 0 Å². The van der Waals surface area contributed by atoms with E-state index in [1.807, 2.05) is 12.4 Å². The van der Waals surface area contributed by atoms with Gasteiger partial charge in [-0.3, -0.25) is 0 Å². The molecule has 0 aliphatic carbocycles. The van der Waals surface area contributed by atoms with Gasteiger partial charge in [-0.25, -0.2) is 0 Å². The Bertz CT molecular complexity index is 347. The monoisotopic (exact) mass is 204 g/mol. The summed E-state index contributed by atoms with van der Waals surface area (Å²) in [5.41, 5.74) is 2.47. The second-order valence-corrected chi connectivity index (χ2v) is 5.19. The summed E-state index contributed by atoms with van der Waals surface area (Å²) in [7, 11) is 0. The average molecular weight is 204 g/mol. The molecule has 3 heteroatoms. The average Bonchev–Trinajstić information content (AvgIpc) is 2.52. The van der Waals surface area contributed by atoms with Gasteiger partial charge in [0.05, 0.1) is 0 Å². The number of hydrogen-bond donors (Lipinski definition) is 0. The summed E-state index contributed by atoms with van der Waals surface area (Å²) < 4.78 is 2.76. The third-order valence-electron chi connectivity index (χ3n) is 1.91. The molecule has 0 amide bonds. The third-order valence-corrected chi connectivity index (χ3v) is 4.65. The second kappa shape index (κ2) is 1.83. The van der Waals surface area contributed by atoms with Crippen LogP contribution in [0.1, 0.15) is 0 Å². The molecule has 52 valence electrons. The Balaban J connectivity index is 2.32. The Hall–Kier alpha value is -0.882. The van der Waals surface area contributed by atoms with E-state index in [0.29, 0.717) is 0 Å². The quantitative estimate of drug-likeness (QED) is 0.516. The molecule has 0 saturated carbocycles. The van der Waals surface area contributed by atoms with Crippen LogP contribution in [0.5, 0.6) is 0 Å². The number of nitrogens with zero attached hydrogens (tertiary/aromatic N) is 2. The van der Waals surface area contributed by atoms with Gasteiger partial charge < -0.3 is 0 Å². The first-order valence-corrected chi connectivity index (χ1v) is 5.56. The Kier molecular flexibility index (Phi) is 0.953. The van der Waals surface area contributed by atoms with E-state index in [-0.39, 0.29) is 15.8 Å². The maximum atomic E-state index is 4.30. The summed E-state index contributed by atoms with van der Waals surface area (Å²) in [6.07, 6.45) is 7.96. The van der Waals surface area contributed by atoms with Crippen molar-refractivity contribution in [1.29, 1.82) is 0 Å². The molecule has 11 heavy (non-hydrogen) atoms. The molecule has 3 aliphatic heterocycles. The van der Waals surface area contributed by atoms with Gasteiger partial charge >= 0.3 is 70.4 Å². The molecule has 0 saturated heterocycles. The summed E-state index contributed by atoms with van der Waals surface area (Å²) >= 11 is -0.127. The Morgan fingerprint density at radius 3 is 3.36 bits per heavy atom. The number of fused-ring (bicyclic) bond motifs is 2. The van der Waals surface area contributed by atoms with Crippen LogP contribution in [0.2, 0.25) is 0 Å². The summed E-state index contributed by atoms with van der Waals surface area (Å²) in [5.74, 6) is 0. The number of rotatable bonds is 0. The summed E-state index contributed by atoms with van der Waals surface area (Å²) in [6, 6.07) is 0. The molecule has 1 unspecified atom stereocenters. The maximum absolute atomic E-state index is 4.30. The van der Waals surface area contributed by atoms with Crippen molar-refractivity contribution >= 4 is 26.5 Å². The van der Waals surface area contributed by atoms with E-state index in [4.69, 9.17) is 0 Å². The van der Waals surface area contributed by atoms with E-state index in [1.54, 1.807) is 0 Å². The van der Waals surface area contributed by atoms with Crippen LogP contribution in [-0.4, -0.2) is 26.5 Å². The van der Waals surface area contributed by atoms with E-state index >= 15 is 0 Å². The van der Waals surface area contributed by atoms with E-state index in [9.17, 15) is 0 Å². The molecular formula is C8H5AsN2. The molecule has 3 rings (SSSR count). The molecule has 0 spiro atoms. The van der Waals surface area contributed by atoms with E-state index in [1.165, 1.54) is 20.1 Å². The van der Waals surface area contributed by atoms with Crippen molar-refractivity contribution in [1.82, 2.24) is 0 Å². The second-order valence-electron chi connectivity index (χ2n) is 2.54. The van der Waals surface area contributed by atoms with Crippen LogP contribution >= 0.6 is 0 Å². The predicted octanol–water partition coefficient (Wildman–Crippen LogP) is 0.585. The molecule has 0 aromatic rings. The standard InChI is InChI=1S/C8H5AsN2/c1-3-11-8-5(1)7-6(9-8)2-4-10-7/h1-4,9H. The summed E-state index contributed by atoms with van der Waals surface area (Å²) in [4.78, 5) is 8.60. The SMILES string of the molecule is C1=CC2=C3N=CC=C3[AsH]C2=N1. The molecule has 3 heterocycles. The van der Waals surface area contributed by atoms with Crippen LogP contribution in [0.15, 0.2) is 44.0 Å². The Labute approximate surface area is 70.8 Å². The first-order chi connectivity index (χ1) is 5.45. The molecule has 0 fully saturated rings. The zero-order chi connectivity index (χ0) is 7.26. The van der Waals surface area contributed by atoms with Crippen molar-refractivity contribution < 1.29 is 0 Å². The molecule has 0 aromatic carbocycles. The van der Waals surface area contributed by atoms with Crippen molar-refractivity contribution in [3.8, 4) is 0 Å².